The number of benzene rings is 1. The molecule has 0 spiro atoms. The van der Waals surface area contributed by atoms with Crippen LogP contribution in [0.5, 0.6) is 0 Å². The van der Waals surface area contributed by atoms with Gasteiger partial charge in [-0.2, -0.15) is 0 Å². The molecule has 0 saturated carbocycles. The number of carboxylic acid groups (broad SMARTS) is 1. The third-order valence-electron chi connectivity index (χ3n) is 3.20. The second-order valence-corrected chi connectivity index (χ2v) is 7.25. The molecule has 0 aliphatic rings. The van der Waals surface area contributed by atoms with Gasteiger partial charge in [-0.3, -0.25) is 9.59 Å². The van der Waals surface area contributed by atoms with Gasteiger partial charge in [-0.05, 0) is 24.6 Å². The molecule has 0 saturated heterocycles. The first-order chi connectivity index (χ1) is 11.2. The van der Waals surface area contributed by atoms with Crippen LogP contribution in [0.1, 0.15) is 21.6 Å². The molecule has 0 aliphatic carbocycles. The van der Waals surface area contributed by atoms with E-state index in [4.69, 9.17) is 5.11 Å². The lowest BCUT2D eigenvalue weighted by atomic mass is 10.1. The van der Waals surface area contributed by atoms with Crippen molar-refractivity contribution in [2.75, 3.05) is 6.26 Å². The van der Waals surface area contributed by atoms with E-state index in [0.717, 1.165) is 10.9 Å². The van der Waals surface area contributed by atoms with Crippen molar-refractivity contribution >= 4 is 21.7 Å². The molecule has 2 rings (SSSR count). The van der Waals surface area contributed by atoms with Crippen molar-refractivity contribution in [3.05, 3.63) is 41.2 Å². The van der Waals surface area contributed by atoms with E-state index >= 15 is 0 Å². The van der Waals surface area contributed by atoms with Crippen molar-refractivity contribution in [2.24, 2.45) is 0 Å². The van der Waals surface area contributed by atoms with Gasteiger partial charge < -0.3 is 10.4 Å². The number of sulfone groups is 1. The molecule has 2 N–H and O–H groups in total. The Bertz CT molecular complexity index is 888. The minimum Gasteiger partial charge on any atom is -0.480 e. The van der Waals surface area contributed by atoms with Gasteiger partial charge in [0, 0.05) is 11.8 Å². The first kappa shape index (κ1) is 17.6. The van der Waals surface area contributed by atoms with Crippen molar-refractivity contribution in [1.29, 1.82) is 0 Å². The van der Waals surface area contributed by atoms with Gasteiger partial charge in [-0.15, -0.1) is 5.10 Å². The van der Waals surface area contributed by atoms with E-state index in [2.05, 4.69) is 15.6 Å². The van der Waals surface area contributed by atoms with Gasteiger partial charge in [0.25, 0.3) is 5.91 Å². The summed E-state index contributed by atoms with van der Waals surface area (Å²) in [6, 6.07) is 4.33. The van der Waals surface area contributed by atoms with Crippen LogP contribution in [-0.4, -0.2) is 46.7 Å². The number of amides is 1. The Morgan fingerprint density at radius 1 is 1.33 bits per heavy atom. The Hall–Kier alpha value is -2.75. The predicted molar refractivity (Wildman–Crippen MR) is 83.1 cm³/mol. The monoisotopic (exact) mass is 352 g/mol. The number of hydrogen-bond acceptors (Lipinski definition) is 6. The molecule has 1 aromatic heterocycles. The molecule has 10 heteroatoms. The highest BCUT2D eigenvalue weighted by atomic mass is 32.2. The summed E-state index contributed by atoms with van der Waals surface area (Å²) >= 11 is 0. The fraction of sp³-hybridized carbons (Fsp3) is 0.286. The number of carbonyl (C=O) groups excluding carboxylic acids is 1. The number of aliphatic carboxylic acids is 1. The highest BCUT2D eigenvalue weighted by molar-refractivity contribution is 7.90. The summed E-state index contributed by atoms with van der Waals surface area (Å²) < 4.78 is 24.3. The Balaban J connectivity index is 2.10. The molecule has 0 unspecified atom stereocenters. The predicted octanol–water partition coefficient (Wildman–Crippen LogP) is 0.00462. The molecule has 0 bridgehead atoms. The van der Waals surface area contributed by atoms with Gasteiger partial charge in [0.1, 0.15) is 12.2 Å². The minimum atomic E-state index is -3.41. The molecule has 1 aromatic carbocycles. The smallest absolute Gasteiger partial charge is 0.325 e. The van der Waals surface area contributed by atoms with Crippen LogP contribution in [0.4, 0.5) is 0 Å². The third kappa shape index (κ3) is 4.38. The Morgan fingerprint density at radius 3 is 2.67 bits per heavy atom. The minimum absolute atomic E-state index is 0.0427. The summed E-state index contributed by atoms with van der Waals surface area (Å²) in [4.78, 5) is 22.9. The summed E-state index contributed by atoms with van der Waals surface area (Å²) in [5, 5.41) is 18.6. The average Bonchev–Trinajstić information content (AvgIpc) is 2.90. The molecule has 0 atom stereocenters. The van der Waals surface area contributed by atoms with Gasteiger partial charge in [0.05, 0.1) is 17.6 Å². The van der Waals surface area contributed by atoms with Crippen LogP contribution in [0, 0.1) is 6.92 Å². The summed E-state index contributed by atoms with van der Waals surface area (Å²) in [5.41, 5.74) is 1.27. The van der Waals surface area contributed by atoms with Gasteiger partial charge in [0.2, 0.25) is 0 Å². The second-order valence-electron chi connectivity index (χ2n) is 5.23. The molecule has 9 nitrogen and oxygen atoms in total. The number of aryl methyl sites for hydroxylation is 1. The summed E-state index contributed by atoms with van der Waals surface area (Å²) in [5.74, 6) is -1.51. The summed E-state index contributed by atoms with van der Waals surface area (Å²) in [6.07, 6.45) is 2.48. The fourth-order valence-corrected chi connectivity index (χ4v) is 2.62. The van der Waals surface area contributed by atoms with Crippen LogP contribution in [0.2, 0.25) is 0 Å². The number of carboxylic acids is 1. The maximum absolute atomic E-state index is 12.2. The zero-order chi connectivity index (χ0) is 17.9. The van der Waals surface area contributed by atoms with Crippen molar-refractivity contribution < 1.29 is 23.1 Å². The topological polar surface area (TPSA) is 131 Å². The van der Waals surface area contributed by atoms with E-state index in [1.54, 1.807) is 13.0 Å². The summed E-state index contributed by atoms with van der Waals surface area (Å²) in [7, 11) is -3.41. The highest BCUT2D eigenvalue weighted by Crippen LogP contribution is 2.15. The third-order valence-corrected chi connectivity index (χ3v) is 4.31. The number of rotatable bonds is 6. The molecule has 24 heavy (non-hydrogen) atoms. The Labute approximate surface area is 138 Å². The zero-order valence-electron chi connectivity index (χ0n) is 13.1. The van der Waals surface area contributed by atoms with Crippen LogP contribution in [0.25, 0.3) is 0 Å². The lowest BCUT2D eigenvalue weighted by Gasteiger charge is -2.08. The van der Waals surface area contributed by atoms with Gasteiger partial charge in [0.15, 0.2) is 9.84 Å². The van der Waals surface area contributed by atoms with Crippen LogP contribution in [0.15, 0.2) is 29.3 Å². The molecule has 0 aliphatic heterocycles. The number of carbonyl (C=O) groups is 2. The number of hydrogen-bond donors (Lipinski definition) is 2. The van der Waals surface area contributed by atoms with E-state index in [0.29, 0.717) is 11.3 Å². The van der Waals surface area contributed by atoms with Crippen molar-refractivity contribution in [2.45, 2.75) is 24.9 Å². The molecule has 0 fully saturated rings. The molecule has 128 valence electrons. The number of aromatic nitrogens is 3. The lowest BCUT2D eigenvalue weighted by Crippen LogP contribution is -2.24. The van der Waals surface area contributed by atoms with Crippen LogP contribution in [-0.2, 0) is 27.7 Å². The first-order valence-electron chi connectivity index (χ1n) is 6.86. The van der Waals surface area contributed by atoms with Crippen LogP contribution >= 0.6 is 0 Å². The molecule has 1 heterocycles. The molecule has 0 radical (unpaired) electrons. The Morgan fingerprint density at radius 2 is 2.04 bits per heavy atom. The maximum Gasteiger partial charge on any atom is 0.325 e. The van der Waals surface area contributed by atoms with Crippen molar-refractivity contribution in [3.8, 4) is 0 Å². The van der Waals surface area contributed by atoms with Crippen LogP contribution < -0.4 is 5.32 Å². The normalized spacial score (nSPS) is 11.2. The van der Waals surface area contributed by atoms with Crippen molar-refractivity contribution in [1.82, 2.24) is 20.3 Å². The van der Waals surface area contributed by atoms with Crippen LogP contribution in [0.3, 0.4) is 0 Å². The molecular weight excluding hydrogens is 336 g/mol. The first-order valence-corrected chi connectivity index (χ1v) is 8.75. The SMILES string of the molecule is Cc1ccc(S(C)(=O)=O)cc1C(=O)NCc1cn(CC(=O)O)nn1. The molecule has 1 amide bonds. The summed E-state index contributed by atoms with van der Waals surface area (Å²) in [6.45, 7) is 1.42. The average molecular weight is 352 g/mol. The van der Waals surface area contributed by atoms with E-state index in [9.17, 15) is 18.0 Å². The largest absolute Gasteiger partial charge is 0.480 e. The fourth-order valence-electron chi connectivity index (χ4n) is 1.98. The van der Waals surface area contributed by atoms with Gasteiger partial charge in [-0.25, -0.2) is 13.1 Å². The zero-order valence-corrected chi connectivity index (χ0v) is 13.9. The Kier molecular flexibility index (Phi) is 4.98. The number of nitrogens with zero attached hydrogens (tertiary/aromatic N) is 3. The molecule has 2 aromatic rings. The van der Waals surface area contributed by atoms with Crippen molar-refractivity contribution in [3.63, 3.8) is 0 Å². The highest BCUT2D eigenvalue weighted by Gasteiger charge is 2.15. The lowest BCUT2D eigenvalue weighted by molar-refractivity contribution is -0.137. The van der Waals surface area contributed by atoms with E-state index < -0.39 is 21.7 Å². The maximum atomic E-state index is 12.2. The van der Waals surface area contributed by atoms with Gasteiger partial charge in [-0.1, -0.05) is 11.3 Å². The van der Waals surface area contributed by atoms with E-state index in [-0.39, 0.29) is 23.5 Å². The second kappa shape index (κ2) is 6.79. The standard InChI is InChI=1S/C14H16N4O5S/c1-9-3-4-11(24(2,22)23)5-12(9)14(21)15-6-10-7-18(17-16-10)8-13(19)20/h3-5,7H,6,8H2,1-2H3,(H,15,21)(H,19,20). The van der Waals surface area contributed by atoms with E-state index in [1.165, 1.54) is 18.3 Å². The van der Waals surface area contributed by atoms with E-state index in [1.807, 2.05) is 0 Å². The quantitative estimate of drug-likeness (QED) is 0.748. The van der Waals surface area contributed by atoms with Gasteiger partial charge >= 0.3 is 5.97 Å². The number of nitrogens with one attached hydrogen (secondary N) is 1. The molecular formula is C14H16N4O5S.